The molecule has 27 heavy (non-hydrogen) atoms. The number of carbonyl (C=O) groups excluding carboxylic acids is 1. The van der Waals surface area contributed by atoms with Gasteiger partial charge in [-0.3, -0.25) is 9.69 Å². The molecule has 0 N–H and O–H groups in total. The maximum atomic E-state index is 13.0. The van der Waals surface area contributed by atoms with E-state index in [0.717, 1.165) is 18.3 Å². The predicted molar refractivity (Wildman–Crippen MR) is 99.6 cm³/mol. The van der Waals surface area contributed by atoms with Gasteiger partial charge >= 0.3 is 5.97 Å². The molecule has 0 radical (unpaired) electrons. The van der Waals surface area contributed by atoms with Gasteiger partial charge < -0.3 is 9.47 Å². The van der Waals surface area contributed by atoms with Crippen LogP contribution in [0.2, 0.25) is 0 Å². The third-order valence-corrected chi connectivity index (χ3v) is 11.4. The fourth-order valence-electron chi connectivity index (χ4n) is 10.8. The number of piperidine rings is 1. The van der Waals surface area contributed by atoms with E-state index in [1.165, 1.54) is 45.1 Å². The zero-order valence-electron chi connectivity index (χ0n) is 16.9. The number of nitrogens with zero attached hydrogens (tertiary/aromatic N) is 1. The topological polar surface area (TPSA) is 38.8 Å². The van der Waals surface area contributed by atoms with Crippen LogP contribution < -0.4 is 0 Å². The molecule has 2 spiro atoms. The first-order valence-corrected chi connectivity index (χ1v) is 11.5. The van der Waals surface area contributed by atoms with Crippen molar-refractivity contribution < 1.29 is 14.3 Å². The lowest BCUT2D eigenvalue weighted by atomic mass is 9.40. The van der Waals surface area contributed by atoms with Gasteiger partial charge in [0.2, 0.25) is 0 Å². The molecule has 9 aliphatic rings. The summed E-state index contributed by atoms with van der Waals surface area (Å²) < 4.78 is 12.7. The summed E-state index contributed by atoms with van der Waals surface area (Å²) in [6.45, 7) is 6.32. The van der Waals surface area contributed by atoms with Gasteiger partial charge in [0.25, 0.3) is 0 Å². The summed E-state index contributed by atoms with van der Waals surface area (Å²) in [5.41, 5.74) is 0.480. The van der Waals surface area contributed by atoms with E-state index in [0.29, 0.717) is 35.4 Å². The molecule has 0 aromatic rings. The lowest BCUT2D eigenvalue weighted by molar-refractivity contribution is -0.392. The van der Waals surface area contributed by atoms with Crippen LogP contribution in [0.15, 0.2) is 0 Å². The number of rotatable bonds is 1. The second kappa shape index (κ2) is 4.59. The Bertz CT molecular complexity index is 739. The third-order valence-electron chi connectivity index (χ3n) is 11.4. The third kappa shape index (κ3) is 1.35. The lowest BCUT2D eigenvalue weighted by Gasteiger charge is -2.76. The summed E-state index contributed by atoms with van der Waals surface area (Å²) in [6, 6.07) is 0.650. The molecular weight excluding hydrogens is 338 g/mol. The van der Waals surface area contributed by atoms with Crippen LogP contribution >= 0.6 is 0 Å². The Kier molecular flexibility index (Phi) is 2.75. The van der Waals surface area contributed by atoms with Crippen LogP contribution in [0.3, 0.4) is 0 Å². The molecule has 0 amide bonds. The normalized spacial score (nSPS) is 64.7. The number of methoxy groups -OCH3 is 1. The Morgan fingerprint density at radius 1 is 1.15 bits per heavy atom. The van der Waals surface area contributed by atoms with Crippen molar-refractivity contribution in [2.45, 2.75) is 76.7 Å². The fraction of sp³-hybridized carbons (Fsp3) is 0.957. The molecule has 4 heteroatoms. The molecule has 5 heterocycles. The Morgan fingerprint density at radius 2 is 1.93 bits per heavy atom. The maximum Gasteiger partial charge on any atom is 0.309 e. The van der Waals surface area contributed by atoms with Gasteiger partial charge in [-0.1, -0.05) is 13.8 Å². The predicted octanol–water partition coefficient (Wildman–Crippen LogP) is 3.45. The minimum atomic E-state index is -0.0395. The zero-order valence-corrected chi connectivity index (χ0v) is 16.9. The molecule has 0 aromatic carbocycles. The van der Waals surface area contributed by atoms with Gasteiger partial charge in [0.05, 0.1) is 18.6 Å². The summed E-state index contributed by atoms with van der Waals surface area (Å²) in [7, 11) is 1.59. The SMILES string of the molecule is COC(=O)[C@@H]1CC23[C@@H]4[C@@H]5CC[C@@]2(C)[C@H]2CC[C@H]6CC[C@H]1C63OC2N4C[C@H]5C. The highest BCUT2D eigenvalue weighted by Crippen LogP contribution is 2.84. The first-order valence-electron chi connectivity index (χ1n) is 11.5. The molecule has 11 atom stereocenters. The van der Waals surface area contributed by atoms with Crippen LogP contribution in [0, 0.1) is 46.3 Å². The summed E-state index contributed by atoms with van der Waals surface area (Å²) in [5.74, 6) is 3.41. The van der Waals surface area contributed by atoms with Crippen molar-refractivity contribution in [2.24, 2.45) is 46.3 Å². The van der Waals surface area contributed by atoms with E-state index in [4.69, 9.17) is 9.47 Å². The molecule has 9 fully saturated rings. The molecule has 4 aliphatic carbocycles. The van der Waals surface area contributed by atoms with Crippen molar-refractivity contribution >= 4 is 5.97 Å². The van der Waals surface area contributed by atoms with Crippen molar-refractivity contribution in [3.05, 3.63) is 0 Å². The number of esters is 1. The van der Waals surface area contributed by atoms with E-state index >= 15 is 0 Å². The van der Waals surface area contributed by atoms with E-state index < -0.39 is 0 Å². The van der Waals surface area contributed by atoms with E-state index in [9.17, 15) is 4.79 Å². The standard InChI is InChI=1S/C23H33NO3/c1-12-11-24-18-14(12)8-9-21(2)17-7-5-13-4-6-16-15(20(25)26-3)10-22(18,21)23(13,16)27-19(17)24/h12-19H,4-11H2,1-3H3/t12-,13-,14-,15-,16-,17+,18+,19?,21+,22?,23?/m1/s1. The number of carbonyl (C=O) groups is 1. The fourth-order valence-corrected chi connectivity index (χ4v) is 10.8. The van der Waals surface area contributed by atoms with E-state index in [1.807, 2.05) is 0 Å². The monoisotopic (exact) mass is 371 g/mol. The van der Waals surface area contributed by atoms with Crippen molar-refractivity contribution in [1.29, 1.82) is 0 Å². The highest BCUT2D eigenvalue weighted by atomic mass is 16.5. The number of fused-ring (bicyclic) bond motifs is 1. The summed E-state index contributed by atoms with van der Waals surface area (Å²) in [5, 5.41) is 0. The molecule has 3 unspecified atom stereocenters. The number of hydrogen-bond donors (Lipinski definition) is 0. The second-order valence-electron chi connectivity index (χ2n) is 11.4. The quantitative estimate of drug-likeness (QED) is 0.662. The Labute approximate surface area is 162 Å². The van der Waals surface area contributed by atoms with Crippen molar-refractivity contribution in [3.8, 4) is 0 Å². The van der Waals surface area contributed by atoms with Gasteiger partial charge in [-0.15, -0.1) is 0 Å². The molecule has 0 aromatic heterocycles. The average Bonchev–Trinajstić information content (AvgIpc) is 3.22. The minimum Gasteiger partial charge on any atom is -0.469 e. The summed E-state index contributed by atoms with van der Waals surface area (Å²) >= 11 is 0. The summed E-state index contributed by atoms with van der Waals surface area (Å²) in [6.07, 6.45) is 9.19. The maximum absolute atomic E-state index is 13.0. The summed E-state index contributed by atoms with van der Waals surface area (Å²) in [4.78, 5) is 15.8. The van der Waals surface area contributed by atoms with Gasteiger partial charge in [0.1, 0.15) is 6.23 Å². The Morgan fingerprint density at radius 3 is 2.70 bits per heavy atom. The van der Waals surface area contributed by atoms with Crippen LogP contribution in [0.5, 0.6) is 0 Å². The molecule has 4 saturated carbocycles. The molecule has 9 rings (SSSR count). The second-order valence-corrected chi connectivity index (χ2v) is 11.4. The van der Waals surface area contributed by atoms with Gasteiger partial charge in [-0.05, 0) is 68.1 Å². The van der Waals surface area contributed by atoms with Crippen molar-refractivity contribution in [2.75, 3.05) is 13.7 Å². The van der Waals surface area contributed by atoms with E-state index in [2.05, 4.69) is 18.7 Å². The smallest absolute Gasteiger partial charge is 0.309 e. The van der Waals surface area contributed by atoms with Crippen molar-refractivity contribution in [1.82, 2.24) is 4.90 Å². The molecule has 148 valence electrons. The highest BCUT2D eigenvalue weighted by molar-refractivity contribution is 5.74. The van der Waals surface area contributed by atoms with Crippen molar-refractivity contribution in [3.63, 3.8) is 0 Å². The zero-order chi connectivity index (χ0) is 18.3. The molecule has 4 nitrogen and oxygen atoms in total. The molecular formula is C23H33NO3. The lowest BCUT2D eigenvalue weighted by Crippen LogP contribution is -2.81. The number of hydrogen-bond acceptors (Lipinski definition) is 4. The van der Waals surface area contributed by atoms with Crippen LogP contribution in [-0.4, -0.2) is 42.4 Å². The van der Waals surface area contributed by atoms with Gasteiger partial charge in [-0.25, -0.2) is 0 Å². The largest absolute Gasteiger partial charge is 0.469 e. The van der Waals surface area contributed by atoms with Crippen LogP contribution in [0.1, 0.15) is 58.8 Å². The van der Waals surface area contributed by atoms with Crippen LogP contribution in [-0.2, 0) is 14.3 Å². The first kappa shape index (κ1) is 16.2. The number of ether oxygens (including phenoxy) is 2. The average molecular weight is 372 g/mol. The molecule has 6 bridgehead atoms. The first-order chi connectivity index (χ1) is 13.0. The van der Waals surface area contributed by atoms with Gasteiger partial charge in [-0.2, -0.15) is 0 Å². The Hall–Kier alpha value is -0.610. The molecule has 5 aliphatic heterocycles. The Balaban J connectivity index is 1.53. The van der Waals surface area contributed by atoms with Crippen LogP contribution in [0.4, 0.5) is 0 Å². The van der Waals surface area contributed by atoms with E-state index in [-0.39, 0.29) is 22.9 Å². The highest BCUT2D eigenvalue weighted by Gasteiger charge is 2.88. The minimum absolute atomic E-state index is 0.0395. The van der Waals surface area contributed by atoms with Gasteiger partial charge in [0.15, 0.2) is 0 Å². The van der Waals surface area contributed by atoms with E-state index in [1.54, 1.807) is 7.11 Å². The van der Waals surface area contributed by atoms with Gasteiger partial charge in [0, 0.05) is 29.8 Å². The van der Waals surface area contributed by atoms with Crippen LogP contribution in [0.25, 0.3) is 0 Å². The molecule has 5 saturated heterocycles.